The second kappa shape index (κ2) is 8.90. The molecule has 0 amide bonds. The Bertz CT molecular complexity index is 1320. The number of hydrogen-bond donors (Lipinski definition) is 4. The molecule has 0 fully saturated rings. The minimum atomic E-state index is -1.05. The van der Waals surface area contributed by atoms with Gasteiger partial charge in [0.15, 0.2) is 17.5 Å². The van der Waals surface area contributed by atoms with E-state index in [0.717, 1.165) is 6.20 Å². The number of carboxylic acid groups (broad SMARTS) is 1. The van der Waals surface area contributed by atoms with Crippen molar-refractivity contribution < 1.29 is 23.8 Å². The fraction of sp³-hybridized carbons (Fsp3) is 0.286. The molecule has 0 aliphatic heterocycles. The first-order valence-corrected chi connectivity index (χ1v) is 10.1. The first-order chi connectivity index (χ1) is 15.8. The fourth-order valence-corrected chi connectivity index (χ4v) is 3.28. The number of H-pyrrole nitrogens is 1. The Morgan fingerprint density at radius 1 is 1.27 bits per heavy atom. The van der Waals surface area contributed by atoms with Crippen molar-refractivity contribution in [2.45, 2.75) is 26.4 Å². The third-order valence-electron chi connectivity index (χ3n) is 5.33. The van der Waals surface area contributed by atoms with Crippen LogP contribution in [0.15, 0.2) is 30.9 Å². The first-order valence-electron chi connectivity index (χ1n) is 10.1. The second-order valence-electron chi connectivity index (χ2n) is 7.59. The predicted octanol–water partition coefficient (Wildman–Crippen LogP) is 2.67. The van der Waals surface area contributed by atoms with Gasteiger partial charge in [-0.1, -0.05) is 0 Å². The number of halogens is 2. The average Bonchev–Trinajstić information content (AvgIpc) is 3.41. The molecular formula is C21H21F2N7O3. The summed E-state index contributed by atoms with van der Waals surface area (Å²) >= 11 is 0. The highest BCUT2D eigenvalue weighted by atomic mass is 19.1. The van der Waals surface area contributed by atoms with Gasteiger partial charge in [-0.15, -0.1) is 0 Å². The third kappa shape index (κ3) is 4.37. The monoisotopic (exact) mass is 457 g/mol. The molecule has 0 saturated carbocycles. The van der Waals surface area contributed by atoms with Crippen molar-refractivity contribution in [2.75, 3.05) is 11.9 Å². The molecule has 4 aromatic heterocycles. The third-order valence-corrected chi connectivity index (χ3v) is 5.33. The molecule has 0 aliphatic rings. The molecule has 0 bridgehead atoms. The maximum atomic E-state index is 15.5. The molecule has 4 aromatic rings. The number of pyridine rings is 1. The summed E-state index contributed by atoms with van der Waals surface area (Å²) in [6.45, 7) is 3.16. The summed E-state index contributed by atoms with van der Waals surface area (Å²) in [4.78, 5) is 26.9. The fourth-order valence-electron chi connectivity index (χ4n) is 3.28. The van der Waals surface area contributed by atoms with Crippen LogP contribution in [0, 0.1) is 17.6 Å². The van der Waals surface area contributed by atoms with Crippen molar-refractivity contribution in [3.63, 3.8) is 0 Å². The normalized spacial score (nSPS) is 13.2. The molecule has 2 atom stereocenters. The highest BCUT2D eigenvalue weighted by molar-refractivity contribution is 5.92. The van der Waals surface area contributed by atoms with E-state index in [9.17, 15) is 14.3 Å². The topological polar surface area (TPSA) is 142 Å². The number of aromatic nitrogens is 6. The molecule has 0 saturated heterocycles. The smallest absolute Gasteiger partial charge is 0.308 e. The lowest BCUT2D eigenvalue weighted by Gasteiger charge is -2.19. The van der Waals surface area contributed by atoms with Gasteiger partial charge < -0.3 is 20.5 Å². The molecule has 12 heteroatoms. The Balaban J connectivity index is 1.86. The molecule has 10 nitrogen and oxygen atoms in total. The van der Waals surface area contributed by atoms with Crippen LogP contribution in [0.4, 0.5) is 14.6 Å². The van der Waals surface area contributed by atoms with Crippen LogP contribution >= 0.6 is 0 Å². The average molecular weight is 457 g/mol. The lowest BCUT2D eigenvalue weighted by Crippen LogP contribution is -2.30. The largest absolute Gasteiger partial charge is 0.481 e. The van der Waals surface area contributed by atoms with Gasteiger partial charge in [0.05, 0.1) is 31.5 Å². The summed E-state index contributed by atoms with van der Waals surface area (Å²) in [6.07, 6.45) is 5.52. The van der Waals surface area contributed by atoms with Crippen LogP contribution in [0.2, 0.25) is 0 Å². The van der Waals surface area contributed by atoms with Crippen LogP contribution in [0.25, 0.3) is 33.7 Å². The molecule has 4 N–H and O–H groups in total. The highest BCUT2D eigenvalue weighted by Crippen LogP contribution is 2.32. The lowest BCUT2D eigenvalue weighted by molar-refractivity contribution is -0.141. The Kier molecular flexibility index (Phi) is 6.01. The predicted molar refractivity (Wildman–Crippen MR) is 115 cm³/mol. The first kappa shape index (κ1) is 22.3. The summed E-state index contributed by atoms with van der Waals surface area (Å²) in [5, 5.41) is 25.7. The number of anilines is 1. The number of carbonyl (C=O) groups is 1. The SMILES string of the molecule is CC(Nc1nc(-c2c[nH]c3ncc(F)cc23)nc(-c2cnn(CCO)c2)c1F)C(C)C(=O)O. The number of aliphatic carboxylic acids is 1. The van der Waals surface area contributed by atoms with E-state index >= 15 is 4.39 Å². The molecule has 172 valence electrons. The van der Waals surface area contributed by atoms with Crippen LogP contribution in [0.3, 0.4) is 0 Å². The molecule has 0 aromatic carbocycles. The molecule has 4 rings (SSSR count). The zero-order chi connectivity index (χ0) is 23.7. The molecule has 0 aliphatic carbocycles. The van der Waals surface area contributed by atoms with E-state index in [1.54, 1.807) is 6.92 Å². The van der Waals surface area contributed by atoms with Gasteiger partial charge in [0.2, 0.25) is 0 Å². The van der Waals surface area contributed by atoms with Crippen molar-refractivity contribution >= 4 is 22.8 Å². The number of hydrogen-bond acceptors (Lipinski definition) is 7. The Hall–Kier alpha value is -3.93. The van der Waals surface area contributed by atoms with Crippen LogP contribution in [0.5, 0.6) is 0 Å². The van der Waals surface area contributed by atoms with Crippen molar-refractivity contribution in [3.8, 4) is 22.6 Å². The number of nitrogens with zero attached hydrogens (tertiary/aromatic N) is 5. The van der Waals surface area contributed by atoms with Crippen LogP contribution in [0.1, 0.15) is 13.8 Å². The summed E-state index contributed by atoms with van der Waals surface area (Å²) in [5.74, 6) is -3.35. The van der Waals surface area contributed by atoms with E-state index in [4.69, 9.17) is 5.11 Å². The molecule has 2 unspecified atom stereocenters. The molecule has 0 radical (unpaired) electrons. The minimum Gasteiger partial charge on any atom is -0.481 e. The Morgan fingerprint density at radius 3 is 2.79 bits per heavy atom. The summed E-state index contributed by atoms with van der Waals surface area (Å²) in [6, 6.07) is 0.606. The van der Waals surface area contributed by atoms with E-state index < -0.39 is 29.6 Å². The van der Waals surface area contributed by atoms with Crippen LogP contribution in [-0.2, 0) is 11.3 Å². The van der Waals surface area contributed by atoms with Gasteiger partial charge in [0, 0.05) is 34.9 Å². The number of carboxylic acids is 1. The van der Waals surface area contributed by atoms with Crippen molar-refractivity contribution in [2.24, 2.45) is 5.92 Å². The highest BCUT2D eigenvalue weighted by Gasteiger charge is 2.25. The van der Waals surface area contributed by atoms with Gasteiger partial charge in [-0.2, -0.15) is 5.10 Å². The standard InChI is InChI=1S/C21H21F2N7O3/c1-10(21(32)33)11(2)27-20-16(23)17(12-6-26-30(9-12)3-4-31)28-19(29-20)15-8-25-18-14(15)5-13(22)7-24-18/h5-11,31H,3-4H2,1-2H3,(H,24,25)(H,32,33)(H,27,28,29). The quantitative estimate of drug-likeness (QED) is 0.316. The van der Waals surface area contributed by atoms with E-state index in [0.29, 0.717) is 22.2 Å². The van der Waals surface area contributed by atoms with Crippen LogP contribution < -0.4 is 5.32 Å². The van der Waals surface area contributed by atoms with E-state index in [2.05, 4.69) is 30.4 Å². The number of nitrogens with one attached hydrogen (secondary N) is 2. The maximum Gasteiger partial charge on any atom is 0.308 e. The molecule has 4 heterocycles. The number of aliphatic hydroxyl groups is 1. The Labute approximate surface area is 186 Å². The summed E-state index contributed by atoms with van der Waals surface area (Å²) < 4.78 is 30.7. The molecular weight excluding hydrogens is 436 g/mol. The van der Waals surface area contributed by atoms with Crippen LogP contribution in [-0.4, -0.2) is 58.5 Å². The van der Waals surface area contributed by atoms with Gasteiger partial charge in [-0.05, 0) is 19.9 Å². The van der Waals surface area contributed by atoms with Gasteiger partial charge >= 0.3 is 5.97 Å². The maximum absolute atomic E-state index is 15.5. The number of rotatable bonds is 8. The van der Waals surface area contributed by atoms with E-state index in [1.807, 2.05) is 0 Å². The van der Waals surface area contributed by atoms with Gasteiger partial charge in [-0.25, -0.2) is 23.7 Å². The van der Waals surface area contributed by atoms with E-state index in [1.165, 1.54) is 36.3 Å². The van der Waals surface area contributed by atoms with Gasteiger partial charge in [0.1, 0.15) is 17.2 Å². The second-order valence-corrected chi connectivity index (χ2v) is 7.59. The zero-order valence-corrected chi connectivity index (χ0v) is 17.8. The molecule has 33 heavy (non-hydrogen) atoms. The minimum absolute atomic E-state index is 0.0811. The van der Waals surface area contributed by atoms with Crippen molar-refractivity contribution in [1.82, 2.24) is 29.7 Å². The van der Waals surface area contributed by atoms with Gasteiger partial charge in [-0.3, -0.25) is 9.48 Å². The number of fused-ring (bicyclic) bond motifs is 1. The number of aromatic amines is 1. The lowest BCUT2D eigenvalue weighted by atomic mass is 10.0. The van der Waals surface area contributed by atoms with E-state index in [-0.39, 0.29) is 30.5 Å². The zero-order valence-electron chi connectivity index (χ0n) is 17.8. The summed E-state index contributed by atoms with van der Waals surface area (Å²) in [5.41, 5.74) is 1.04. The van der Waals surface area contributed by atoms with Gasteiger partial charge in [0.25, 0.3) is 0 Å². The van der Waals surface area contributed by atoms with Crippen molar-refractivity contribution in [1.29, 1.82) is 0 Å². The van der Waals surface area contributed by atoms with Crippen molar-refractivity contribution in [3.05, 3.63) is 42.5 Å². The molecule has 0 spiro atoms. The summed E-state index contributed by atoms with van der Waals surface area (Å²) in [7, 11) is 0. The number of aliphatic hydroxyl groups excluding tert-OH is 1. The Morgan fingerprint density at radius 2 is 2.06 bits per heavy atom.